The highest BCUT2D eigenvalue weighted by Gasteiger charge is 2.26. The van der Waals surface area contributed by atoms with E-state index in [2.05, 4.69) is 40.1 Å². The van der Waals surface area contributed by atoms with Crippen LogP contribution in [0.15, 0.2) is 15.9 Å². The normalized spacial score (nSPS) is 25.8. The van der Waals surface area contributed by atoms with Gasteiger partial charge in [0.1, 0.15) is 4.88 Å². The molecular formula is C12H17BrN2OS. The molecule has 1 aliphatic rings. The fraction of sp³-hybridized carbons (Fsp3) is 0.583. The smallest absolute Gasteiger partial charge is 0.262 e. The molecule has 94 valence electrons. The Bertz CT molecular complexity index is 407. The zero-order valence-corrected chi connectivity index (χ0v) is 12.5. The molecule has 1 saturated heterocycles. The van der Waals surface area contributed by atoms with E-state index in [0.29, 0.717) is 12.0 Å². The summed E-state index contributed by atoms with van der Waals surface area (Å²) in [4.78, 5) is 15.2. The van der Waals surface area contributed by atoms with Crippen LogP contribution in [-0.4, -0.2) is 37.0 Å². The molecule has 2 rings (SSSR count). The molecule has 1 N–H and O–H groups in total. The van der Waals surface area contributed by atoms with Gasteiger partial charge in [-0.15, -0.1) is 11.3 Å². The van der Waals surface area contributed by atoms with Crippen LogP contribution < -0.4 is 5.32 Å². The number of rotatable bonds is 2. The number of halogens is 1. The van der Waals surface area contributed by atoms with E-state index in [9.17, 15) is 4.79 Å². The monoisotopic (exact) mass is 316 g/mol. The van der Waals surface area contributed by atoms with Crippen molar-refractivity contribution in [3.63, 3.8) is 0 Å². The molecule has 17 heavy (non-hydrogen) atoms. The largest absolute Gasteiger partial charge is 0.348 e. The number of nitrogens with one attached hydrogen (secondary N) is 1. The van der Waals surface area contributed by atoms with Crippen LogP contribution in [0.4, 0.5) is 0 Å². The number of thiophene rings is 1. The molecule has 0 spiro atoms. The Morgan fingerprint density at radius 1 is 1.65 bits per heavy atom. The first-order valence-corrected chi connectivity index (χ1v) is 7.47. The molecule has 2 heterocycles. The molecule has 1 aliphatic heterocycles. The van der Waals surface area contributed by atoms with Gasteiger partial charge in [0, 0.05) is 17.1 Å². The molecule has 0 aliphatic carbocycles. The Morgan fingerprint density at radius 2 is 2.41 bits per heavy atom. The van der Waals surface area contributed by atoms with Crippen LogP contribution in [0.2, 0.25) is 0 Å². The Kier molecular flexibility index (Phi) is 4.22. The summed E-state index contributed by atoms with van der Waals surface area (Å²) in [6, 6.07) is 2.21. The lowest BCUT2D eigenvalue weighted by atomic mass is 9.94. The number of piperidine rings is 1. The van der Waals surface area contributed by atoms with Gasteiger partial charge in [0.15, 0.2) is 0 Å². The van der Waals surface area contributed by atoms with Crippen molar-refractivity contribution in [2.45, 2.75) is 19.4 Å². The lowest BCUT2D eigenvalue weighted by Gasteiger charge is -2.35. The molecule has 0 saturated carbocycles. The number of amides is 1. The van der Waals surface area contributed by atoms with Gasteiger partial charge in [0.25, 0.3) is 5.91 Å². The average molecular weight is 317 g/mol. The zero-order chi connectivity index (χ0) is 12.4. The van der Waals surface area contributed by atoms with Crippen molar-refractivity contribution in [1.29, 1.82) is 0 Å². The SMILES string of the molecule is CC1CN(C)CCC1NC(=O)c1sccc1Br. The molecule has 1 aromatic rings. The van der Waals surface area contributed by atoms with Crippen LogP contribution in [0.3, 0.4) is 0 Å². The standard InChI is InChI=1S/C12H17BrN2OS/c1-8-7-15(2)5-3-10(8)14-12(16)11-9(13)4-6-17-11/h4,6,8,10H,3,5,7H2,1-2H3,(H,14,16). The summed E-state index contributed by atoms with van der Waals surface area (Å²) in [6.07, 6.45) is 1.03. The van der Waals surface area contributed by atoms with Crippen molar-refractivity contribution in [2.75, 3.05) is 20.1 Å². The molecule has 0 radical (unpaired) electrons. The van der Waals surface area contributed by atoms with E-state index in [4.69, 9.17) is 0 Å². The number of likely N-dealkylation sites (tertiary alicyclic amines) is 1. The van der Waals surface area contributed by atoms with Crippen LogP contribution in [0.25, 0.3) is 0 Å². The van der Waals surface area contributed by atoms with Gasteiger partial charge in [-0.25, -0.2) is 0 Å². The van der Waals surface area contributed by atoms with Gasteiger partial charge < -0.3 is 10.2 Å². The first-order chi connectivity index (χ1) is 8.08. The fourth-order valence-electron chi connectivity index (χ4n) is 2.26. The predicted octanol–water partition coefficient (Wildman–Crippen LogP) is 2.58. The number of carbonyl (C=O) groups is 1. The minimum atomic E-state index is 0.0493. The molecule has 2 unspecified atom stereocenters. The van der Waals surface area contributed by atoms with Crippen molar-refractivity contribution < 1.29 is 4.79 Å². The van der Waals surface area contributed by atoms with E-state index >= 15 is 0 Å². The molecule has 1 amide bonds. The zero-order valence-electron chi connectivity index (χ0n) is 10.1. The second-order valence-electron chi connectivity index (χ2n) is 4.71. The van der Waals surface area contributed by atoms with Gasteiger partial charge in [-0.1, -0.05) is 6.92 Å². The van der Waals surface area contributed by atoms with Gasteiger partial charge in [-0.3, -0.25) is 4.79 Å². The van der Waals surface area contributed by atoms with Crippen LogP contribution in [-0.2, 0) is 0 Å². The number of nitrogens with zero attached hydrogens (tertiary/aromatic N) is 1. The fourth-order valence-corrected chi connectivity index (χ4v) is 3.71. The third kappa shape index (κ3) is 3.09. The highest BCUT2D eigenvalue weighted by atomic mass is 79.9. The van der Waals surface area contributed by atoms with E-state index < -0.39 is 0 Å². The molecule has 0 aromatic carbocycles. The minimum absolute atomic E-state index is 0.0493. The van der Waals surface area contributed by atoms with E-state index in [0.717, 1.165) is 28.9 Å². The highest BCUT2D eigenvalue weighted by molar-refractivity contribution is 9.10. The van der Waals surface area contributed by atoms with E-state index in [-0.39, 0.29) is 5.91 Å². The van der Waals surface area contributed by atoms with Crippen LogP contribution in [0, 0.1) is 5.92 Å². The third-order valence-corrected chi connectivity index (χ3v) is 5.08. The first kappa shape index (κ1) is 13.1. The summed E-state index contributed by atoms with van der Waals surface area (Å²) in [6.45, 7) is 4.31. The van der Waals surface area contributed by atoms with Crippen LogP contribution in [0.5, 0.6) is 0 Å². The molecule has 1 fully saturated rings. The number of hydrogen-bond donors (Lipinski definition) is 1. The summed E-state index contributed by atoms with van der Waals surface area (Å²) in [5.74, 6) is 0.560. The van der Waals surface area contributed by atoms with Crippen LogP contribution >= 0.6 is 27.3 Å². The number of hydrogen-bond acceptors (Lipinski definition) is 3. The molecule has 3 nitrogen and oxygen atoms in total. The van der Waals surface area contributed by atoms with E-state index in [1.54, 1.807) is 0 Å². The molecule has 5 heteroatoms. The van der Waals surface area contributed by atoms with Gasteiger partial charge >= 0.3 is 0 Å². The average Bonchev–Trinajstić information content (AvgIpc) is 2.68. The van der Waals surface area contributed by atoms with E-state index in [1.165, 1.54) is 11.3 Å². The summed E-state index contributed by atoms with van der Waals surface area (Å²) >= 11 is 4.88. The summed E-state index contributed by atoms with van der Waals surface area (Å²) in [7, 11) is 2.13. The topological polar surface area (TPSA) is 32.3 Å². The van der Waals surface area contributed by atoms with Crippen molar-refractivity contribution in [1.82, 2.24) is 10.2 Å². The molecule has 1 aromatic heterocycles. The molecule has 0 bridgehead atoms. The summed E-state index contributed by atoms with van der Waals surface area (Å²) in [5.41, 5.74) is 0. The highest BCUT2D eigenvalue weighted by Crippen LogP contribution is 2.23. The predicted molar refractivity (Wildman–Crippen MR) is 74.6 cm³/mol. The van der Waals surface area contributed by atoms with E-state index in [1.807, 2.05) is 11.4 Å². The van der Waals surface area contributed by atoms with Crippen molar-refractivity contribution in [3.05, 3.63) is 20.8 Å². The molecule has 2 atom stereocenters. The molecular weight excluding hydrogens is 300 g/mol. The number of carbonyl (C=O) groups excluding carboxylic acids is 1. The third-order valence-electron chi connectivity index (χ3n) is 3.25. The Labute approximate surface area is 114 Å². The second kappa shape index (κ2) is 5.50. The first-order valence-electron chi connectivity index (χ1n) is 5.80. The Balaban J connectivity index is 1.97. The minimum Gasteiger partial charge on any atom is -0.348 e. The maximum Gasteiger partial charge on any atom is 0.262 e. The van der Waals surface area contributed by atoms with Gasteiger partial charge in [0.05, 0.1) is 0 Å². The van der Waals surface area contributed by atoms with Crippen molar-refractivity contribution in [3.8, 4) is 0 Å². The quantitative estimate of drug-likeness (QED) is 0.909. The van der Waals surface area contributed by atoms with Crippen molar-refractivity contribution in [2.24, 2.45) is 5.92 Å². The maximum absolute atomic E-state index is 12.1. The van der Waals surface area contributed by atoms with Crippen molar-refractivity contribution >= 4 is 33.2 Å². The lowest BCUT2D eigenvalue weighted by Crippen LogP contribution is -2.48. The van der Waals surface area contributed by atoms with Gasteiger partial charge in [-0.05, 0) is 53.3 Å². The Morgan fingerprint density at radius 3 is 3.00 bits per heavy atom. The van der Waals surface area contributed by atoms with Crippen LogP contribution in [0.1, 0.15) is 23.0 Å². The maximum atomic E-state index is 12.1. The lowest BCUT2D eigenvalue weighted by molar-refractivity contribution is 0.0887. The Hall–Kier alpha value is -0.390. The van der Waals surface area contributed by atoms with Gasteiger partial charge in [0.2, 0.25) is 0 Å². The summed E-state index contributed by atoms with van der Waals surface area (Å²) < 4.78 is 0.889. The summed E-state index contributed by atoms with van der Waals surface area (Å²) in [5, 5.41) is 5.07. The second-order valence-corrected chi connectivity index (χ2v) is 6.48. The van der Waals surface area contributed by atoms with Gasteiger partial charge in [-0.2, -0.15) is 0 Å².